The first kappa shape index (κ1) is 24.6. The molecule has 3 atom stereocenters. The molecule has 3 aliphatic carbocycles. The summed E-state index contributed by atoms with van der Waals surface area (Å²) in [4.78, 5) is 12.9. The number of hydrogen-bond acceptors (Lipinski definition) is 4. The second-order valence-electron chi connectivity index (χ2n) is 9.12. The molecular weight excluding hydrogens is 447 g/mol. The third-order valence-electron chi connectivity index (χ3n) is 7.04. The number of hydrogen-bond donors (Lipinski definition) is 1. The highest BCUT2D eigenvalue weighted by Gasteiger charge is 2.40. The Hall–Kier alpha value is -0.0800. The molecule has 0 aliphatic heterocycles. The Kier molecular flexibility index (Phi) is 9.15. The van der Waals surface area contributed by atoms with Crippen molar-refractivity contribution in [3.63, 3.8) is 0 Å². The van der Waals surface area contributed by atoms with Crippen molar-refractivity contribution in [2.75, 3.05) is 13.7 Å². The molecule has 3 unspecified atom stereocenters. The lowest BCUT2D eigenvalue weighted by Gasteiger charge is -2.38. The highest BCUT2D eigenvalue weighted by Crippen LogP contribution is 2.32. The van der Waals surface area contributed by atoms with Gasteiger partial charge in [-0.3, -0.25) is 4.79 Å². The Labute approximate surface area is 191 Å². The molecule has 0 bridgehead atoms. The molecular formula is C21H36Cl2N2O4S. The summed E-state index contributed by atoms with van der Waals surface area (Å²) in [5, 5.41) is 2.40. The molecule has 3 saturated carbocycles. The molecule has 0 saturated heterocycles. The van der Waals surface area contributed by atoms with Crippen LogP contribution in [0.1, 0.15) is 77.0 Å². The summed E-state index contributed by atoms with van der Waals surface area (Å²) in [6.07, 6.45) is 9.83. The van der Waals surface area contributed by atoms with E-state index >= 15 is 0 Å². The quantitative estimate of drug-likeness (QED) is 0.559. The van der Waals surface area contributed by atoms with Crippen LogP contribution in [-0.2, 0) is 19.6 Å². The van der Waals surface area contributed by atoms with Crippen LogP contribution in [0.25, 0.3) is 0 Å². The average Bonchev–Trinajstić information content (AvgIpc) is 2.74. The van der Waals surface area contributed by atoms with Gasteiger partial charge < -0.3 is 10.1 Å². The molecule has 30 heavy (non-hydrogen) atoms. The molecule has 1 amide bonds. The van der Waals surface area contributed by atoms with Gasteiger partial charge in [0, 0.05) is 24.6 Å². The number of amides is 1. The largest absolute Gasteiger partial charge is 0.381 e. The predicted octanol–water partition coefficient (Wildman–Crippen LogP) is 3.79. The summed E-state index contributed by atoms with van der Waals surface area (Å²) in [5.41, 5.74) is 0. The number of alkyl halides is 2. The third kappa shape index (κ3) is 6.25. The molecule has 3 fully saturated rings. The van der Waals surface area contributed by atoms with Gasteiger partial charge in [0.2, 0.25) is 15.9 Å². The van der Waals surface area contributed by atoms with Gasteiger partial charge in [-0.15, -0.1) is 23.2 Å². The standard InChI is InChI=1S/C21H36Cl2N2O4S/c1-29-17-8-10-18(11-9-17)30(27,28)25(16-5-3-2-4-6-16)14-21(26)24-20-12-7-15(22)13-19(20)23/h15-20H,2-14H2,1H3,(H,24,26). The van der Waals surface area contributed by atoms with Crippen molar-refractivity contribution in [1.29, 1.82) is 0 Å². The van der Waals surface area contributed by atoms with Gasteiger partial charge >= 0.3 is 0 Å². The van der Waals surface area contributed by atoms with Crippen LogP contribution in [0.3, 0.4) is 0 Å². The fourth-order valence-electron chi connectivity index (χ4n) is 5.18. The van der Waals surface area contributed by atoms with Crippen LogP contribution < -0.4 is 5.32 Å². The number of rotatable bonds is 7. The molecule has 0 aromatic carbocycles. The minimum atomic E-state index is -3.55. The number of halogens is 2. The monoisotopic (exact) mass is 482 g/mol. The van der Waals surface area contributed by atoms with Crippen molar-refractivity contribution >= 4 is 39.1 Å². The van der Waals surface area contributed by atoms with Crippen LogP contribution in [0.5, 0.6) is 0 Å². The van der Waals surface area contributed by atoms with Crippen molar-refractivity contribution in [1.82, 2.24) is 9.62 Å². The lowest BCUT2D eigenvalue weighted by molar-refractivity contribution is -0.122. The SMILES string of the molecule is COC1CCC(S(=O)(=O)N(CC(=O)NC2CCC(Cl)CC2Cl)C2CCCCC2)CC1. The Morgan fingerprint density at radius 3 is 2.27 bits per heavy atom. The first-order chi connectivity index (χ1) is 14.3. The zero-order chi connectivity index (χ0) is 21.7. The van der Waals surface area contributed by atoms with Gasteiger partial charge in [-0.05, 0) is 57.8 Å². The first-order valence-corrected chi connectivity index (χ1v) is 13.8. The maximum absolute atomic E-state index is 13.6. The van der Waals surface area contributed by atoms with Crippen molar-refractivity contribution < 1.29 is 17.9 Å². The fraction of sp³-hybridized carbons (Fsp3) is 0.952. The number of sulfonamides is 1. The van der Waals surface area contributed by atoms with E-state index in [-0.39, 0.29) is 41.4 Å². The molecule has 0 aromatic heterocycles. The van der Waals surface area contributed by atoms with E-state index in [1.54, 1.807) is 7.11 Å². The lowest BCUT2D eigenvalue weighted by Crippen LogP contribution is -2.53. The summed E-state index contributed by atoms with van der Waals surface area (Å²) in [5.74, 6) is -0.251. The maximum atomic E-state index is 13.6. The number of nitrogens with zero attached hydrogens (tertiary/aromatic N) is 1. The van der Waals surface area contributed by atoms with Gasteiger partial charge in [0.25, 0.3) is 0 Å². The van der Waals surface area contributed by atoms with Gasteiger partial charge in [0.15, 0.2) is 0 Å². The number of ether oxygens (including phenoxy) is 1. The number of carbonyl (C=O) groups excluding carboxylic acids is 1. The second kappa shape index (κ2) is 11.2. The van der Waals surface area contributed by atoms with Crippen LogP contribution in [-0.4, -0.2) is 66.5 Å². The third-order valence-corrected chi connectivity index (χ3v) is 10.3. The zero-order valence-corrected chi connectivity index (χ0v) is 20.2. The Morgan fingerprint density at radius 2 is 1.67 bits per heavy atom. The average molecular weight is 484 g/mol. The lowest BCUT2D eigenvalue weighted by atomic mass is 9.94. The van der Waals surface area contributed by atoms with E-state index in [0.29, 0.717) is 19.3 Å². The Balaban J connectivity index is 1.68. The summed E-state index contributed by atoms with van der Waals surface area (Å²) >= 11 is 12.6. The number of methoxy groups -OCH3 is 1. The molecule has 3 aliphatic rings. The van der Waals surface area contributed by atoms with E-state index in [4.69, 9.17) is 27.9 Å². The molecule has 0 aromatic rings. The second-order valence-corrected chi connectivity index (χ2v) is 12.5. The molecule has 0 heterocycles. The molecule has 9 heteroatoms. The van der Waals surface area contributed by atoms with E-state index in [9.17, 15) is 13.2 Å². The van der Waals surface area contributed by atoms with Gasteiger partial charge in [-0.25, -0.2) is 8.42 Å². The van der Waals surface area contributed by atoms with E-state index in [2.05, 4.69) is 5.32 Å². The Morgan fingerprint density at radius 1 is 1.00 bits per heavy atom. The van der Waals surface area contributed by atoms with Crippen LogP contribution in [0.4, 0.5) is 0 Å². The Bertz CT molecular complexity index is 664. The molecule has 6 nitrogen and oxygen atoms in total. The predicted molar refractivity (Wildman–Crippen MR) is 121 cm³/mol. The summed E-state index contributed by atoms with van der Waals surface area (Å²) < 4.78 is 34.1. The van der Waals surface area contributed by atoms with E-state index in [0.717, 1.165) is 57.8 Å². The van der Waals surface area contributed by atoms with Crippen LogP contribution in [0.2, 0.25) is 0 Å². The van der Waals surface area contributed by atoms with E-state index in [1.807, 2.05) is 0 Å². The van der Waals surface area contributed by atoms with Crippen molar-refractivity contribution in [3.05, 3.63) is 0 Å². The van der Waals surface area contributed by atoms with E-state index < -0.39 is 15.3 Å². The minimum absolute atomic E-state index is 0.0435. The zero-order valence-electron chi connectivity index (χ0n) is 17.9. The highest BCUT2D eigenvalue weighted by molar-refractivity contribution is 7.89. The topological polar surface area (TPSA) is 75.7 Å². The molecule has 1 N–H and O–H groups in total. The molecule has 0 radical (unpaired) electrons. The smallest absolute Gasteiger partial charge is 0.235 e. The van der Waals surface area contributed by atoms with Gasteiger partial charge in [0.1, 0.15) is 0 Å². The van der Waals surface area contributed by atoms with Gasteiger partial charge in [-0.2, -0.15) is 4.31 Å². The van der Waals surface area contributed by atoms with Crippen molar-refractivity contribution in [2.45, 2.75) is 111 Å². The normalized spacial score (nSPS) is 34.1. The maximum Gasteiger partial charge on any atom is 0.235 e. The van der Waals surface area contributed by atoms with Crippen molar-refractivity contribution in [3.8, 4) is 0 Å². The van der Waals surface area contributed by atoms with Gasteiger partial charge in [0.05, 0.1) is 23.3 Å². The van der Waals surface area contributed by atoms with E-state index in [1.165, 1.54) is 4.31 Å². The van der Waals surface area contributed by atoms with Gasteiger partial charge in [-0.1, -0.05) is 19.3 Å². The molecule has 3 rings (SSSR count). The fourth-order valence-corrected chi connectivity index (χ4v) is 8.17. The highest BCUT2D eigenvalue weighted by atomic mass is 35.5. The van der Waals surface area contributed by atoms with Crippen LogP contribution >= 0.6 is 23.2 Å². The molecule has 174 valence electrons. The summed E-state index contributed by atoms with van der Waals surface area (Å²) in [6, 6.07) is -0.234. The minimum Gasteiger partial charge on any atom is -0.381 e. The van der Waals surface area contributed by atoms with Crippen molar-refractivity contribution in [2.24, 2.45) is 0 Å². The first-order valence-electron chi connectivity index (χ1n) is 11.4. The summed E-state index contributed by atoms with van der Waals surface area (Å²) in [6.45, 7) is -0.110. The van der Waals surface area contributed by atoms with Crippen LogP contribution in [0, 0.1) is 0 Å². The molecule has 0 spiro atoms. The number of nitrogens with one attached hydrogen (secondary N) is 1. The summed E-state index contributed by atoms with van der Waals surface area (Å²) in [7, 11) is -1.87. The van der Waals surface area contributed by atoms with Crippen LogP contribution in [0.15, 0.2) is 0 Å². The number of carbonyl (C=O) groups is 1.